The number of aromatic nitrogens is 2. The Morgan fingerprint density at radius 2 is 2.17 bits per heavy atom. The van der Waals surface area contributed by atoms with Gasteiger partial charge in [0.25, 0.3) is 0 Å². The molecular formula is C12H20ClN3O2. The van der Waals surface area contributed by atoms with E-state index in [1.807, 2.05) is 13.8 Å². The number of nitrogens with zero attached hydrogens (tertiary/aromatic N) is 2. The summed E-state index contributed by atoms with van der Waals surface area (Å²) in [5.41, 5.74) is 0. The predicted octanol–water partition coefficient (Wildman–Crippen LogP) is 2.24. The molecule has 6 heteroatoms. The van der Waals surface area contributed by atoms with Gasteiger partial charge in [0.2, 0.25) is 0 Å². The van der Waals surface area contributed by atoms with E-state index in [9.17, 15) is 5.11 Å². The zero-order chi connectivity index (χ0) is 13.5. The van der Waals surface area contributed by atoms with Crippen LogP contribution in [0.25, 0.3) is 0 Å². The minimum atomic E-state index is -0.354. The molecule has 0 fully saturated rings. The number of ether oxygens (including phenoxy) is 1. The second-order valence-electron chi connectivity index (χ2n) is 4.26. The fourth-order valence-corrected chi connectivity index (χ4v) is 1.82. The van der Waals surface area contributed by atoms with Crippen LogP contribution in [-0.4, -0.2) is 33.8 Å². The number of hydrogen-bond acceptors (Lipinski definition) is 5. The normalized spacial score (nSPS) is 14.3. The van der Waals surface area contributed by atoms with Crippen LogP contribution in [-0.2, 0) is 11.3 Å². The summed E-state index contributed by atoms with van der Waals surface area (Å²) < 4.78 is 5.25. The third-order valence-corrected chi connectivity index (χ3v) is 2.46. The molecule has 0 radical (unpaired) electrons. The Kier molecular flexibility index (Phi) is 6.32. The smallest absolute Gasteiger partial charge is 0.158 e. The van der Waals surface area contributed by atoms with E-state index in [1.165, 1.54) is 0 Å². The van der Waals surface area contributed by atoms with Gasteiger partial charge in [-0.1, -0.05) is 11.6 Å². The van der Waals surface area contributed by atoms with Gasteiger partial charge in [0.1, 0.15) is 17.6 Å². The van der Waals surface area contributed by atoms with Gasteiger partial charge in [-0.2, -0.15) is 0 Å². The van der Waals surface area contributed by atoms with E-state index in [0.29, 0.717) is 36.4 Å². The van der Waals surface area contributed by atoms with E-state index in [1.54, 1.807) is 13.0 Å². The van der Waals surface area contributed by atoms with Crippen molar-refractivity contribution in [2.24, 2.45) is 0 Å². The topological polar surface area (TPSA) is 67.3 Å². The summed E-state index contributed by atoms with van der Waals surface area (Å²) in [5.74, 6) is 1.20. The Morgan fingerprint density at radius 1 is 1.44 bits per heavy atom. The summed E-state index contributed by atoms with van der Waals surface area (Å²) in [4.78, 5) is 8.38. The lowest BCUT2D eigenvalue weighted by Crippen LogP contribution is -2.21. The van der Waals surface area contributed by atoms with Crippen LogP contribution in [0, 0.1) is 0 Å². The SMILES string of the molecule is CCOCc1nc(Cl)cc(NC(C)CC(C)O)n1. The lowest BCUT2D eigenvalue weighted by Gasteiger charge is -2.16. The molecule has 2 N–H and O–H groups in total. The van der Waals surface area contributed by atoms with Gasteiger partial charge in [0.15, 0.2) is 5.82 Å². The number of aliphatic hydroxyl groups is 1. The molecule has 1 aromatic heterocycles. The van der Waals surface area contributed by atoms with E-state index < -0.39 is 0 Å². The average Bonchev–Trinajstić information content (AvgIpc) is 2.24. The Morgan fingerprint density at radius 3 is 2.78 bits per heavy atom. The van der Waals surface area contributed by atoms with Crippen molar-refractivity contribution in [2.45, 2.75) is 45.9 Å². The number of anilines is 1. The lowest BCUT2D eigenvalue weighted by molar-refractivity contribution is 0.128. The minimum Gasteiger partial charge on any atom is -0.393 e. The summed E-state index contributed by atoms with van der Waals surface area (Å²) in [6.45, 7) is 6.60. The van der Waals surface area contributed by atoms with Gasteiger partial charge in [0, 0.05) is 18.7 Å². The molecule has 0 bridgehead atoms. The summed E-state index contributed by atoms with van der Waals surface area (Å²) >= 11 is 5.92. The highest BCUT2D eigenvalue weighted by Crippen LogP contribution is 2.14. The van der Waals surface area contributed by atoms with Crippen LogP contribution >= 0.6 is 11.6 Å². The number of rotatable bonds is 7. The van der Waals surface area contributed by atoms with Gasteiger partial charge in [-0.15, -0.1) is 0 Å². The van der Waals surface area contributed by atoms with E-state index in [4.69, 9.17) is 16.3 Å². The molecule has 0 amide bonds. The second kappa shape index (κ2) is 7.51. The number of hydrogen-bond donors (Lipinski definition) is 2. The van der Waals surface area contributed by atoms with Crippen LogP contribution in [0.4, 0.5) is 5.82 Å². The Balaban J connectivity index is 2.67. The summed E-state index contributed by atoms with van der Waals surface area (Å²) in [6.07, 6.45) is 0.287. The fourth-order valence-electron chi connectivity index (χ4n) is 1.62. The van der Waals surface area contributed by atoms with Gasteiger partial charge in [-0.25, -0.2) is 9.97 Å². The van der Waals surface area contributed by atoms with Crippen LogP contribution in [0.1, 0.15) is 33.0 Å². The first-order chi connectivity index (χ1) is 8.51. The molecule has 0 aliphatic rings. The highest BCUT2D eigenvalue weighted by Gasteiger charge is 2.09. The first-order valence-corrected chi connectivity index (χ1v) is 6.44. The number of nitrogens with one attached hydrogen (secondary N) is 1. The molecule has 1 aromatic rings. The molecule has 5 nitrogen and oxygen atoms in total. The van der Waals surface area contributed by atoms with Gasteiger partial charge in [0.05, 0.1) is 6.10 Å². The highest BCUT2D eigenvalue weighted by molar-refractivity contribution is 6.29. The van der Waals surface area contributed by atoms with Gasteiger partial charge < -0.3 is 15.2 Å². The van der Waals surface area contributed by atoms with Crippen molar-refractivity contribution in [2.75, 3.05) is 11.9 Å². The minimum absolute atomic E-state index is 0.107. The van der Waals surface area contributed by atoms with Gasteiger partial charge in [-0.05, 0) is 27.2 Å². The molecule has 2 unspecified atom stereocenters. The summed E-state index contributed by atoms with van der Waals surface area (Å²) in [5, 5.41) is 12.9. The monoisotopic (exact) mass is 273 g/mol. The number of aliphatic hydroxyl groups excluding tert-OH is 1. The molecule has 0 aliphatic heterocycles. The van der Waals surface area contributed by atoms with Crippen LogP contribution in [0.2, 0.25) is 5.15 Å². The molecule has 0 aromatic carbocycles. The Hall–Kier alpha value is -0.910. The Bertz CT molecular complexity index is 374. The van der Waals surface area contributed by atoms with Crippen molar-refractivity contribution in [1.82, 2.24) is 9.97 Å². The second-order valence-corrected chi connectivity index (χ2v) is 4.65. The third kappa shape index (κ3) is 5.62. The van der Waals surface area contributed by atoms with Crippen molar-refractivity contribution >= 4 is 17.4 Å². The maximum Gasteiger partial charge on any atom is 0.158 e. The Labute approximate surface area is 113 Å². The molecular weight excluding hydrogens is 254 g/mol. The van der Waals surface area contributed by atoms with Crippen molar-refractivity contribution in [3.8, 4) is 0 Å². The van der Waals surface area contributed by atoms with Crippen molar-refractivity contribution in [3.05, 3.63) is 17.0 Å². The van der Waals surface area contributed by atoms with Crippen LogP contribution in [0.3, 0.4) is 0 Å². The van der Waals surface area contributed by atoms with E-state index in [0.717, 1.165) is 0 Å². The quantitative estimate of drug-likeness (QED) is 0.746. The van der Waals surface area contributed by atoms with Crippen molar-refractivity contribution < 1.29 is 9.84 Å². The molecule has 1 rings (SSSR count). The van der Waals surface area contributed by atoms with Crippen LogP contribution in [0.15, 0.2) is 6.07 Å². The highest BCUT2D eigenvalue weighted by atomic mass is 35.5. The summed E-state index contributed by atoms with van der Waals surface area (Å²) in [7, 11) is 0. The summed E-state index contributed by atoms with van der Waals surface area (Å²) in [6, 6.07) is 1.77. The third-order valence-electron chi connectivity index (χ3n) is 2.27. The molecule has 1 heterocycles. The largest absolute Gasteiger partial charge is 0.393 e. The van der Waals surface area contributed by atoms with Gasteiger partial charge in [-0.3, -0.25) is 0 Å². The molecule has 0 saturated heterocycles. The molecule has 18 heavy (non-hydrogen) atoms. The average molecular weight is 274 g/mol. The maximum atomic E-state index is 9.31. The van der Waals surface area contributed by atoms with E-state index >= 15 is 0 Å². The van der Waals surface area contributed by atoms with Crippen LogP contribution < -0.4 is 5.32 Å². The van der Waals surface area contributed by atoms with E-state index in [2.05, 4.69) is 15.3 Å². The first kappa shape index (κ1) is 15.1. The lowest BCUT2D eigenvalue weighted by atomic mass is 10.1. The zero-order valence-corrected chi connectivity index (χ0v) is 11.7. The maximum absolute atomic E-state index is 9.31. The molecule has 0 aliphatic carbocycles. The molecule has 102 valence electrons. The molecule has 0 spiro atoms. The van der Waals surface area contributed by atoms with Crippen molar-refractivity contribution in [3.63, 3.8) is 0 Å². The molecule has 0 saturated carbocycles. The number of halogens is 1. The standard InChI is InChI=1S/C12H20ClN3O2/c1-4-18-7-12-15-10(13)6-11(16-12)14-8(2)5-9(3)17/h6,8-9,17H,4-5,7H2,1-3H3,(H,14,15,16). The van der Waals surface area contributed by atoms with Crippen molar-refractivity contribution in [1.29, 1.82) is 0 Å². The van der Waals surface area contributed by atoms with Gasteiger partial charge >= 0.3 is 0 Å². The van der Waals surface area contributed by atoms with Crippen LogP contribution in [0.5, 0.6) is 0 Å². The fraction of sp³-hybridized carbons (Fsp3) is 0.667. The first-order valence-electron chi connectivity index (χ1n) is 6.07. The predicted molar refractivity (Wildman–Crippen MR) is 71.8 cm³/mol. The molecule has 2 atom stereocenters. The zero-order valence-electron chi connectivity index (χ0n) is 11.0. The van der Waals surface area contributed by atoms with E-state index in [-0.39, 0.29) is 12.1 Å².